The first kappa shape index (κ1) is 23.6. The summed E-state index contributed by atoms with van der Waals surface area (Å²) < 4.78 is 9.99. The van der Waals surface area contributed by atoms with Crippen molar-refractivity contribution in [3.8, 4) is 0 Å². The summed E-state index contributed by atoms with van der Waals surface area (Å²) in [4.78, 5) is 15.2. The monoisotopic (exact) mass is 469 g/mol. The van der Waals surface area contributed by atoms with Gasteiger partial charge in [0.05, 0.1) is 0 Å². The molecule has 5 nitrogen and oxygen atoms in total. The molecule has 0 heterocycles. The molecule has 0 aliphatic carbocycles. The Morgan fingerprint density at radius 1 is 1.32 bits per heavy atom. The van der Waals surface area contributed by atoms with Gasteiger partial charge in [-0.15, -0.1) is 24.0 Å². The van der Waals surface area contributed by atoms with E-state index in [4.69, 9.17) is 9.47 Å². The number of rotatable bonds is 4. The van der Waals surface area contributed by atoms with Crippen molar-refractivity contribution in [1.82, 2.24) is 0 Å². The van der Waals surface area contributed by atoms with E-state index in [2.05, 4.69) is 11.9 Å². The predicted octanol–water partition coefficient (Wildman–Crippen LogP) is 2.08. The summed E-state index contributed by atoms with van der Waals surface area (Å²) in [5.41, 5.74) is 0.194. The fourth-order valence-corrected chi connectivity index (χ4v) is 1.29. The van der Waals surface area contributed by atoms with Crippen molar-refractivity contribution < 1.29 is 38.9 Å². The Morgan fingerprint density at radius 3 is 2.36 bits per heavy atom. The van der Waals surface area contributed by atoms with Crippen LogP contribution in [0, 0.1) is 6.92 Å². The average Bonchev–Trinajstić information content (AvgIpc) is 2.34. The Hall–Kier alpha value is -0.687. The molecule has 1 atom stereocenters. The van der Waals surface area contributed by atoms with Crippen LogP contribution in [-0.2, 0) is 40.4 Å². The molecule has 0 aromatic heterocycles. The molecule has 22 heavy (non-hydrogen) atoms. The van der Waals surface area contributed by atoms with E-state index in [1.54, 1.807) is 20.8 Å². The summed E-state index contributed by atoms with van der Waals surface area (Å²) in [6.07, 6.45) is -0.825. The van der Waals surface area contributed by atoms with E-state index in [1.807, 2.05) is 30.3 Å². The van der Waals surface area contributed by atoms with Crippen molar-refractivity contribution in [1.29, 1.82) is 0 Å². The SMILES string of the molecule is I.[CH2][C@@H](N=C([O-])OC(C)(C)C)C(=O)OCc1ccccc1.[Zn]. The number of hydrogen-bond acceptors (Lipinski definition) is 5. The largest absolute Gasteiger partial charge is 0.595 e. The minimum absolute atomic E-state index is 0. The van der Waals surface area contributed by atoms with E-state index in [9.17, 15) is 9.90 Å². The maximum absolute atomic E-state index is 11.6. The van der Waals surface area contributed by atoms with Crippen molar-refractivity contribution >= 4 is 36.0 Å². The smallest absolute Gasteiger partial charge is 0.331 e. The zero-order chi connectivity index (χ0) is 15.2. The van der Waals surface area contributed by atoms with Crippen LogP contribution in [0.2, 0.25) is 0 Å². The van der Waals surface area contributed by atoms with Crippen LogP contribution in [0.4, 0.5) is 0 Å². The van der Waals surface area contributed by atoms with Gasteiger partial charge in [0.15, 0.2) is 0 Å². The second-order valence-corrected chi connectivity index (χ2v) is 5.22. The Balaban J connectivity index is 0. The fraction of sp³-hybridized carbons (Fsp3) is 0.400. The number of carbonyl (C=O) groups excluding carboxylic acids is 1. The first-order valence-corrected chi connectivity index (χ1v) is 6.25. The molecule has 1 rings (SSSR count). The van der Waals surface area contributed by atoms with Crippen LogP contribution < -0.4 is 5.11 Å². The summed E-state index contributed by atoms with van der Waals surface area (Å²) in [6.45, 7) is 8.74. The zero-order valence-electron chi connectivity index (χ0n) is 13.1. The third-order valence-corrected chi connectivity index (χ3v) is 2.15. The second kappa shape index (κ2) is 10.9. The minimum Gasteiger partial charge on any atom is -0.595 e. The Kier molecular flexibility index (Phi) is 11.7. The molecule has 0 bridgehead atoms. The van der Waals surface area contributed by atoms with E-state index in [0.717, 1.165) is 5.56 Å². The Morgan fingerprint density at radius 2 is 1.86 bits per heavy atom. The van der Waals surface area contributed by atoms with Gasteiger partial charge in [-0.2, -0.15) is 0 Å². The Labute approximate surface area is 161 Å². The van der Waals surface area contributed by atoms with Crippen LogP contribution in [0.15, 0.2) is 35.3 Å². The zero-order valence-corrected chi connectivity index (χ0v) is 18.4. The number of aliphatic imine (C=N–C) groups is 1. The molecule has 0 spiro atoms. The topological polar surface area (TPSA) is 71.0 Å². The average molecular weight is 471 g/mol. The van der Waals surface area contributed by atoms with Crippen LogP contribution in [0.1, 0.15) is 26.3 Å². The molecule has 0 saturated carbocycles. The Bertz CT molecular complexity index is 474. The number of carbonyl (C=O) groups is 1. The molecule has 0 unspecified atom stereocenters. The summed E-state index contributed by atoms with van der Waals surface area (Å²) in [7, 11) is 0. The van der Waals surface area contributed by atoms with E-state index in [1.165, 1.54) is 0 Å². The fourth-order valence-electron chi connectivity index (χ4n) is 1.29. The van der Waals surface area contributed by atoms with Crippen molar-refractivity contribution in [3.63, 3.8) is 0 Å². The molecule has 0 fully saturated rings. The molecule has 7 heteroatoms. The van der Waals surface area contributed by atoms with Gasteiger partial charge in [-0.05, 0) is 12.5 Å². The first-order valence-electron chi connectivity index (χ1n) is 6.25. The number of esters is 1. The van der Waals surface area contributed by atoms with Crippen molar-refractivity contribution in [2.45, 2.75) is 39.0 Å². The maximum atomic E-state index is 11.6. The molecule has 0 saturated heterocycles. The summed E-state index contributed by atoms with van der Waals surface area (Å²) >= 11 is 0. The van der Waals surface area contributed by atoms with Gasteiger partial charge >= 0.3 is 5.97 Å². The van der Waals surface area contributed by atoms with E-state index >= 15 is 0 Å². The van der Waals surface area contributed by atoms with Crippen LogP contribution in [-0.4, -0.2) is 23.7 Å². The van der Waals surface area contributed by atoms with E-state index < -0.39 is 23.7 Å². The van der Waals surface area contributed by atoms with Gasteiger partial charge in [0.1, 0.15) is 18.7 Å². The predicted molar refractivity (Wildman–Crippen MR) is 89.1 cm³/mol. The van der Waals surface area contributed by atoms with Gasteiger partial charge in [0.2, 0.25) is 0 Å². The van der Waals surface area contributed by atoms with Crippen molar-refractivity contribution in [2.75, 3.05) is 0 Å². The molecule has 0 amide bonds. The summed E-state index contributed by atoms with van der Waals surface area (Å²) in [6, 6.07) is 8.08. The molecule has 1 aromatic carbocycles. The molecular formula is C15H20INO4Zn-. The van der Waals surface area contributed by atoms with Crippen LogP contribution in [0.3, 0.4) is 0 Å². The maximum Gasteiger partial charge on any atom is 0.331 e. The third kappa shape index (κ3) is 10.1. The number of benzene rings is 1. The quantitative estimate of drug-likeness (QED) is 0.222. The number of ether oxygens (including phenoxy) is 2. The molecule has 1 aromatic rings. The normalized spacial score (nSPS) is 12.5. The first-order chi connectivity index (χ1) is 9.28. The van der Waals surface area contributed by atoms with Gasteiger partial charge in [-0.3, -0.25) is 4.99 Å². The minimum atomic E-state index is -1.13. The van der Waals surface area contributed by atoms with Crippen LogP contribution in [0.25, 0.3) is 0 Å². The van der Waals surface area contributed by atoms with Gasteiger partial charge in [-0.1, -0.05) is 51.1 Å². The summed E-state index contributed by atoms with van der Waals surface area (Å²) in [5.74, 6) is -0.667. The van der Waals surface area contributed by atoms with Gasteiger partial charge in [0, 0.05) is 25.1 Å². The second-order valence-electron chi connectivity index (χ2n) is 5.22. The van der Waals surface area contributed by atoms with Crippen molar-refractivity contribution in [3.05, 3.63) is 42.8 Å². The van der Waals surface area contributed by atoms with Gasteiger partial charge in [-0.25, -0.2) is 4.79 Å². The van der Waals surface area contributed by atoms with E-state index in [0.29, 0.717) is 0 Å². The number of nitrogens with zero attached hydrogens (tertiary/aromatic N) is 1. The molecule has 0 aliphatic rings. The molecule has 0 aliphatic heterocycles. The van der Waals surface area contributed by atoms with Crippen molar-refractivity contribution in [2.24, 2.45) is 4.99 Å². The summed E-state index contributed by atoms with van der Waals surface area (Å²) in [5, 5.41) is 11.4. The van der Waals surface area contributed by atoms with E-state index in [-0.39, 0.29) is 50.1 Å². The van der Waals surface area contributed by atoms with Gasteiger partial charge < -0.3 is 14.6 Å². The molecule has 1 radical (unpaired) electrons. The molecule has 119 valence electrons. The van der Waals surface area contributed by atoms with Crippen LogP contribution in [0.5, 0.6) is 0 Å². The number of hydrogen-bond donors (Lipinski definition) is 0. The standard InChI is InChI=1S/C15H20NO4.HI.Zn/c1-11(16-14(18)20-15(2,3)4)13(17)19-10-12-8-6-5-7-9-12;;/h5-9,11H,1,10H2,2-4H3,(H,16,18);1H;/p-1/t11-;;/m1../s1. The van der Waals surface area contributed by atoms with Gasteiger partial charge in [0.25, 0.3) is 0 Å². The van der Waals surface area contributed by atoms with Crippen LogP contribution >= 0.6 is 24.0 Å². The third-order valence-electron chi connectivity index (χ3n) is 2.15. The number of halogens is 1. The molecule has 0 N–H and O–H groups in total. The molecular weight excluding hydrogens is 450 g/mol.